The van der Waals surface area contributed by atoms with Gasteiger partial charge in [-0.3, -0.25) is 0 Å². The van der Waals surface area contributed by atoms with Crippen molar-refractivity contribution in [3.63, 3.8) is 0 Å². The molecule has 98 valence electrons. The van der Waals surface area contributed by atoms with Gasteiger partial charge in [-0.1, -0.05) is 12.1 Å². The fraction of sp³-hybridized carbons (Fsp3) is 0.286. The quantitative estimate of drug-likeness (QED) is 0.884. The van der Waals surface area contributed by atoms with Crippen LogP contribution in [0.25, 0.3) is 11.3 Å². The van der Waals surface area contributed by atoms with E-state index in [9.17, 15) is 4.39 Å². The highest BCUT2D eigenvalue weighted by Gasteiger charge is 2.14. The highest BCUT2D eigenvalue weighted by molar-refractivity contribution is 5.59. The number of hydrogen-bond acceptors (Lipinski definition) is 4. The molecule has 1 atom stereocenters. The molecule has 3 rings (SSSR count). The zero-order valence-electron chi connectivity index (χ0n) is 10.4. The molecular weight excluding hydrogens is 243 g/mol. The number of halogens is 1. The number of nitrogens with one attached hydrogen (secondary N) is 2. The molecule has 2 heterocycles. The molecule has 2 N–H and O–H groups in total. The van der Waals surface area contributed by atoms with Gasteiger partial charge in [-0.15, -0.1) is 10.2 Å². The van der Waals surface area contributed by atoms with Crippen molar-refractivity contribution in [2.75, 3.05) is 18.4 Å². The first-order valence-corrected chi connectivity index (χ1v) is 6.38. The third kappa shape index (κ3) is 2.88. The molecule has 4 nitrogen and oxygen atoms in total. The summed E-state index contributed by atoms with van der Waals surface area (Å²) in [7, 11) is 0. The van der Waals surface area contributed by atoms with Gasteiger partial charge in [-0.25, -0.2) is 4.39 Å². The summed E-state index contributed by atoms with van der Waals surface area (Å²) in [4.78, 5) is 0. The molecule has 0 radical (unpaired) electrons. The smallest absolute Gasteiger partial charge is 0.148 e. The Bertz CT molecular complexity index is 550. The van der Waals surface area contributed by atoms with Gasteiger partial charge in [0.05, 0.1) is 5.69 Å². The Hall–Kier alpha value is -2.01. The standard InChI is InChI=1S/C14H15FN4/c15-11-3-1-2-10(8-11)13-4-5-14(19-18-13)17-12-6-7-16-9-12/h1-5,8,12,16H,6-7,9H2,(H,17,19). The molecule has 1 fully saturated rings. The molecule has 19 heavy (non-hydrogen) atoms. The summed E-state index contributed by atoms with van der Waals surface area (Å²) in [6, 6.07) is 10.5. The van der Waals surface area contributed by atoms with Crippen molar-refractivity contribution in [2.45, 2.75) is 12.5 Å². The minimum Gasteiger partial charge on any atom is -0.365 e. The van der Waals surface area contributed by atoms with Crippen LogP contribution >= 0.6 is 0 Å². The van der Waals surface area contributed by atoms with Crippen LogP contribution in [0.2, 0.25) is 0 Å². The molecule has 1 aliphatic rings. The average molecular weight is 258 g/mol. The topological polar surface area (TPSA) is 49.8 Å². The number of nitrogens with zero attached hydrogens (tertiary/aromatic N) is 2. The maximum absolute atomic E-state index is 13.1. The maximum Gasteiger partial charge on any atom is 0.148 e. The summed E-state index contributed by atoms with van der Waals surface area (Å²) in [5.74, 6) is 0.493. The third-order valence-corrected chi connectivity index (χ3v) is 3.20. The van der Waals surface area contributed by atoms with Crippen LogP contribution < -0.4 is 10.6 Å². The van der Waals surface area contributed by atoms with Gasteiger partial charge in [0.1, 0.15) is 11.6 Å². The first-order valence-electron chi connectivity index (χ1n) is 6.38. The van der Waals surface area contributed by atoms with Gasteiger partial charge < -0.3 is 10.6 Å². The minimum absolute atomic E-state index is 0.265. The van der Waals surface area contributed by atoms with Crippen molar-refractivity contribution in [2.24, 2.45) is 0 Å². The molecule has 0 spiro atoms. The van der Waals surface area contributed by atoms with Crippen molar-refractivity contribution >= 4 is 5.82 Å². The molecule has 1 aromatic heterocycles. The van der Waals surface area contributed by atoms with Gasteiger partial charge in [0.25, 0.3) is 0 Å². The monoisotopic (exact) mass is 258 g/mol. The minimum atomic E-state index is -0.265. The van der Waals surface area contributed by atoms with Crippen LogP contribution in [0, 0.1) is 5.82 Å². The van der Waals surface area contributed by atoms with Gasteiger partial charge in [0, 0.05) is 18.2 Å². The fourth-order valence-corrected chi connectivity index (χ4v) is 2.20. The number of aromatic nitrogens is 2. The van der Waals surface area contributed by atoms with E-state index in [4.69, 9.17) is 0 Å². The average Bonchev–Trinajstić information content (AvgIpc) is 2.92. The van der Waals surface area contributed by atoms with E-state index >= 15 is 0 Å². The predicted octanol–water partition coefficient (Wildman–Crippen LogP) is 2.06. The van der Waals surface area contributed by atoms with Crippen LogP contribution in [0.4, 0.5) is 10.2 Å². The fourth-order valence-electron chi connectivity index (χ4n) is 2.20. The van der Waals surface area contributed by atoms with Crippen LogP contribution in [0.15, 0.2) is 36.4 Å². The van der Waals surface area contributed by atoms with Crippen molar-refractivity contribution in [1.29, 1.82) is 0 Å². The second-order valence-electron chi connectivity index (χ2n) is 4.65. The molecule has 1 aromatic carbocycles. The molecule has 0 aliphatic carbocycles. The third-order valence-electron chi connectivity index (χ3n) is 3.20. The van der Waals surface area contributed by atoms with Crippen LogP contribution in [0.5, 0.6) is 0 Å². The van der Waals surface area contributed by atoms with Crippen molar-refractivity contribution in [1.82, 2.24) is 15.5 Å². The van der Waals surface area contributed by atoms with E-state index in [1.165, 1.54) is 12.1 Å². The Morgan fingerprint density at radius 2 is 2.16 bits per heavy atom. The van der Waals surface area contributed by atoms with Gasteiger partial charge >= 0.3 is 0 Å². The number of anilines is 1. The Balaban J connectivity index is 1.74. The Kier molecular flexibility index (Phi) is 3.37. The Labute approximate surface area is 111 Å². The summed E-state index contributed by atoms with van der Waals surface area (Å²) in [6.45, 7) is 1.99. The second kappa shape index (κ2) is 5.32. The highest BCUT2D eigenvalue weighted by Crippen LogP contribution is 2.18. The number of benzene rings is 1. The Morgan fingerprint density at radius 1 is 1.21 bits per heavy atom. The lowest BCUT2D eigenvalue weighted by atomic mass is 10.1. The van der Waals surface area contributed by atoms with E-state index in [2.05, 4.69) is 20.8 Å². The molecule has 0 saturated carbocycles. The lowest BCUT2D eigenvalue weighted by Crippen LogP contribution is -2.22. The largest absolute Gasteiger partial charge is 0.365 e. The second-order valence-corrected chi connectivity index (χ2v) is 4.65. The van der Waals surface area contributed by atoms with Crippen molar-refractivity contribution in [3.05, 3.63) is 42.2 Å². The normalized spacial score (nSPS) is 18.5. The van der Waals surface area contributed by atoms with Crippen LogP contribution in [-0.4, -0.2) is 29.3 Å². The summed E-state index contributed by atoms with van der Waals surface area (Å²) >= 11 is 0. The lowest BCUT2D eigenvalue weighted by Gasteiger charge is -2.11. The van der Waals surface area contributed by atoms with Crippen LogP contribution in [-0.2, 0) is 0 Å². The summed E-state index contributed by atoms with van der Waals surface area (Å²) < 4.78 is 13.1. The van der Waals surface area contributed by atoms with E-state index in [0.29, 0.717) is 11.7 Å². The molecule has 0 amide bonds. The van der Waals surface area contributed by atoms with Crippen LogP contribution in [0.3, 0.4) is 0 Å². The van der Waals surface area contributed by atoms with Crippen molar-refractivity contribution < 1.29 is 4.39 Å². The number of rotatable bonds is 3. The van der Waals surface area contributed by atoms with E-state index in [1.807, 2.05) is 18.2 Å². The molecule has 1 unspecified atom stereocenters. The van der Waals surface area contributed by atoms with E-state index < -0.39 is 0 Å². The molecular formula is C14H15FN4. The van der Waals surface area contributed by atoms with Gasteiger partial charge in [-0.05, 0) is 37.2 Å². The first kappa shape index (κ1) is 12.0. The molecule has 5 heteroatoms. The number of hydrogen-bond donors (Lipinski definition) is 2. The lowest BCUT2D eigenvalue weighted by molar-refractivity contribution is 0.628. The van der Waals surface area contributed by atoms with Gasteiger partial charge in [0.2, 0.25) is 0 Å². The Morgan fingerprint density at radius 3 is 2.84 bits per heavy atom. The summed E-state index contributed by atoms with van der Waals surface area (Å²) in [5, 5.41) is 14.9. The maximum atomic E-state index is 13.1. The van der Waals surface area contributed by atoms with E-state index in [0.717, 1.165) is 30.9 Å². The highest BCUT2D eigenvalue weighted by atomic mass is 19.1. The summed E-state index contributed by atoms with van der Waals surface area (Å²) in [6.07, 6.45) is 1.09. The zero-order chi connectivity index (χ0) is 13.1. The SMILES string of the molecule is Fc1cccc(-c2ccc(NC3CCNC3)nn2)c1. The molecule has 0 bridgehead atoms. The zero-order valence-corrected chi connectivity index (χ0v) is 10.4. The van der Waals surface area contributed by atoms with Crippen LogP contribution in [0.1, 0.15) is 6.42 Å². The van der Waals surface area contributed by atoms with Gasteiger partial charge in [0.15, 0.2) is 0 Å². The van der Waals surface area contributed by atoms with Gasteiger partial charge in [-0.2, -0.15) is 0 Å². The van der Waals surface area contributed by atoms with E-state index in [1.54, 1.807) is 6.07 Å². The molecule has 2 aromatic rings. The predicted molar refractivity (Wildman–Crippen MR) is 72.3 cm³/mol. The summed E-state index contributed by atoms with van der Waals surface area (Å²) in [5.41, 5.74) is 1.41. The molecule has 1 saturated heterocycles. The first-order chi connectivity index (χ1) is 9.31. The molecule has 1 aliphatic heterocycles. The van der Waals surface area contributed by atoms with Crippen molar-refractivity contribution in [3.8, 4) is 11.3 Å². The van der Waals surface area contributed by atoms with E-state index in [-0.39, 0.29) is 5.82 Å².